The van der Waals surface area contributed by atoms with Gasteiger partial charge in [0.25, 0.3) is 16.0 Å². The Labute approximate surface area is 233 Å². The molecule has 1 atom stereocenters. The Morgan fingerprint density at radius 3 is 2.35 bits per heavy atom. The van der Waals surface area contributed by atoms with Crippen LogP contribution in [0.4, 0.5) is 0 Å². The Morgan fingerprint density at radius 2 is 1.73 bits per heavy atom. The van der Waals surface area contributed by atoms with E-state index >= 15 is 0 Å². The summed E-state index contributed by atoms with van der Waals surface area (Å²) in [4.78, 5) is 15.6. The molecule has 1 amide bonds. The lowest BCUT2D eigenvalue weighted by atomic mass is 9.91. The van der Waals surface area contributed by atoms with E-state index in [9.17, 15) is 13.2 Å². The number of benzene rings is 3. The summed E-state index contributed by atoms with van der Waals surface area (Å²) in [6.07, 6.45) is 0. The third-order valence-corrected chi connectivity index (χ3v) is 7.57. The van der Waals surface area contributed by atoms with Crippen LogP contribution >= 0.6 is 34.2 Å². The number of hydrazone groups is 1. The van der Waals surface area contributed by atoms with Crippen LogP contribution < -0.4 is 11.1 Å². The molecule has 3 aromatic rings. The molecule has 190 valence electrons. The summed E-state index contributed by atoms with van der Waals surface area (Å²) in [6.45, 7) is 1.50. The van der Waals surface area contributed by atoms with Gasteiger partial charge in [-0.25, -0.2) is 5.01 Å². The summed E-state index contributed by atoms with van der Waals surface area (Å²) < 4.78 is 31.2. The number of carbonyl (C=O) groups is 1. The number of nitrogens with two attached hydrogens (primary N) is 1. The van der Waals surface area contributed by atoms with Gasteiger partial charge < -0.3 is 5.73 Å². The van der Waals surface area contributed by atoms with Crippen LogP contribution in [0.1, 0.15) is 24.0 Å². The third kappa shape index (κ3) is 6.73. The van der Waals surface area contributed by atoms with E-state index in [0.717, 1.165) is 14.7 Å². The van der Waals surface area contributed by atoms with Crippen molar-refractivity contribution in [2.24, 2.45) is 20.2 Å². The quantitative estimate of drug-likeness (QED) is 0.252. The van der Waals surface area contributed by atoms with Gasteiger partial charge in [-0.3, -0.25) is 10.1 Å². The molecule has 9 nitrogen and oxygen atoms in total. The highest BCUT2D eigenvalue weighted by Gasteiger charge is 2.32. The average molecular weight is 649 g/mol. The standard InChI is InChI=1S/C25H22ClIN6O3S/c1-16(34)29-24(28)30-25(32-37(35,36)21-13-11-20(27)12-14-21)33-15-22(17-5-3-2-4-6-17)23(31-33)18-7-9-19(26)10-8-18/h2-14,22H,15H2,1H3,(H3,28,29,30,32,34). The van der Waals surface area contributed by atoms with Crippen LogP contribution in [0.5, 0.6) is 0 Å². The molecule has 0 aromatic heterocycles. The first-order valence-electron chi connectivity index (χ1n) is 11.0. The van der Waals surface area contributed by atoms with E-state index in [1.54, 1.807) is 24.3 Å². The molecule has 3 N–H and O–H groups in total. The number of rotatable bonds is 4. The molecule has 0 saturated heterocycles. The number of hydrogen-bond acceptors (Lipinski definition) is 4. The summed E-state index contributed by atoms with van der Waals surface area (Å²) in [5.74, 6) is -1.29. The minimum Gasteiger partial charge on any atom is -0.369 e. The van der Waals surface area contributed by atoms with Crippen LogP contribution in [-0.4, -0.2) is 43.5 Å². The molecule has 37 heavy (non-hydrogen) atoms. The number of nitrogens with zero attached hydrogens (tertiary/aromatic N) is 4. The molecule has 0 spiro atoms. The van der Waals surface area contributed by atoms with Gasteiger partial charge in [-0.1, -0.05) is 54.1 Å². The fraction of sp³-hybridized carbons (Fsp3) is 0.120. The molecular weight excluding hydrogens is 627 g/mol. The second-order valence-electron chi connectivity index (χ2n) is 8.04. The van der Waals surface area contributed by atoms with Crippen LogP contribution in [0, 0.1) is 3.57 Å². The molecule has 1 aliphatic rings. The highest BCUT2D eigenvalue weighted by molar-refractivity contribution is 14.1. The maximum absolute atomic E-state index is 13.2. The Kier molecular flexibility index (Phi) is 8.25. The fourth-order valence-electron chi connectivity index (χ4n) is 3.66. The predicted octanol–water partition coefficient (Wildman–Crippen LogP) is 3.94. The molecule has 4 rings (SSSR count). The van der Waals surface area contributed by atoms with Gasteiger partial charge in [0.05, 0.1) is 17.2 Å². The Bertz CT molecular complexity index is 1490. The van der Waals surface area contributed by atoms with Crippen LogP contribution in [0.25, 0.3) is 0 Å². The van der Waals surface area contributed by atoms with Gasteiger partial charge in [0.15, 0.2) is 0 Å². The van der Waals surface area contributed by atoms with Crippen LogP contribution in [-0.2, 0) is 14.8 Å². The molecule has 3 aromatic carbocycles. The second-order valence-corrected chi connectivity index (χ2v) is 11.3. The number of carbonyl (C=O) groups excluding carboxylic acids is 1. The van der Waals surface area contributed by atoms with Crippen LogP contribution in [0.3, 0.4) is 0 Å². The lowest BCUT2D eigenvalue weighted by Gasteiger charge is -2.16. The first-order valence-corrected chi connectivity index (χ1v) is 13.9. The molecule has 1 heterocycles. The van der Waals surface area contributed by atoms with Crippen molar-refractivity contribution in [3.05, 3.63) is 98.6 Å². The number of amides is 1. The molecule has 0 saturated carbocycles. The van der Waals surface area contributed by atoms with Crippen molar-refractivity contribution in [3.8, 4) is 0 Å². The van der Waals surface area contributed by atoms with Crippen molar-refractivity contribution >= 4 is 67.8 Å². The highest BCUT2D eigenvalue weighted by Crippen LogP contribution is 2.30. The smallest absolute Gasteiger partial charge is 0.285 e. The lowest BCUT2D eigenvalue weighted by Crippen LogP contribution is -2.37. The molecule has 1 aliphatic heterocycles. The van der Waals surface area contributed by atoms with Crippen molar-refractivity contribution in [1.29, 1.82) is 0 Å². The van der Waals surface area contributed by atoms with Crippen molar-refractivity contribution in [1.82, 2.24) is 10.3 Å². The normalized spacial score (nSPS) is 16.5. The van der Waals surface area contributed by atoms with Gasteiger partial charge in [0, 0.05) is 21.4 Å². The SMILES string of the molecule is CC(=O)N/C(N)=N/C(=N/S(=O)(=O)c1ccc(I)cc1)N1CC(c2ccccc2)C(c2ccc(Cl)cc2)=N1. The van der Waals surface area contributed by atoms with Crippen molar-refractivity contribution in [2.75, 3.05) is 6.54 Å². The van der Waals surface area contributed by atoms with E-state index in [0.29, 0.717) is 10.7 Å². The van der Waals surface area contributed by atoms with Gasteiger partial charge in [-0.05, 0) is 70.1 Å². The van der Waals surface area contributed by atoms with Crippen LogP contribution in [0.15, 0.2) is 98.2 Å². The minimum absolute atomic E-state index is 0.0144. The first-order chi connectivity index (χ1) is 17.6. The first kappa shape index (κ1) is 26.8. The van der Waals surface area contributed by atoms with Crippen molar-refractivity contribution in [3.63, 3.8) is 0 Å². The summed E-state index contributed by atoms with van der Waals surface area (Å²) in [5.41, 5.74) is 8.33. The topological polar surface area (TPSA) is 130 Å². The monoisotopic (exact) mass is 648 g/mol. The summed E-state index contributed by atoms with van der Waals surface area (Å²) >= 11 is 8.17. The minimum atomic E-state index is -4.18. The Hall–Kier alpha value is -3.29. The second kappa shape index (κ2) is 11.4. The predicted molar refractivity (Wildman–Crippen MR) is 153 cm³/mol. The van der Waals surface area contributed by atoms with Crippen molar-refractivity contribution in [2.45, 2.75) is 17.7 Å². The van der Waals surface area contributed by atoms with Gasteiger partial charge in [-0.15, -0.1) is 4.40 Å². The fourth-order valence-corrected chi connectivity index (χ4v) is 5.08. The van der Waals surface area contributed by atoms with Crippen LogP contribution in [0.2, 0.25) is 5.02 Å². The van der Waals surface area contributed by atoms with E-state index in [1.807, 2.05) is 42.5 Å². The van der Waals surface area contributed by atoms with E-state index in [2.05, 4.69) is 37.3 Å². The number of aliphatic imine (C=N–C) groups is 1. The van der Waals surface area contributed by atoms with Gasteiger partial charge in [0.1, 0.15) is 0 Å². The van der Waals surface area contributed by atoms with E-state index in [4.69, 9.17) is 22.4 Å². The number of hydrogen-bond donors (Lipinski definition) is 2. The largest absolute Gasteiger partial charge is 0.369 e. The number of halogens is 2. The average Bonchev–Trinajstić information content (AvgIpc) is 3.30. The zero-order chi connectivity index (χ0) is 26.6. The third-order valence-electron chi connectivity index (χ3n) is 5.32. The maximum atomic E-state index is 13.2. The van der Waals surface area contributed by atoms with Gasteiger partial charge in [0.2, 0.25) is 11.9 Å². The van der Waals surface area contributed by atoms with Crippen molar-refractivity contribution < 1.29 is 13.2 Å². The maximum Gasteiger partial charge on any atom is 0.285 e. The zero-order valence-corrected chi connectivity index (χ0v) is 23.3. The Morgan fingerprint density at radius 1 is 1.08 bits per heavy atom. The molecule has 0 aliphatic carbocycles. The molecule has 0 fully saturated rings. The summed E-state index contributed by atoms with van der Waals surface area (Å²) in [6, 6.07) is 23.1. The number of sulfonamides is 1. The van der Waals surface area contributed by atoms with Gasteiger partial charge in [-0.2, -0.15) is 18.5 Å². The summed E-state index contributed by atoms with van der Waals surface area (Å²) in [5, 5.41) is 9.00. The molecule has 0 bridgehead atoms. The van der Waals surface area contributed by atoms with E-state index < -0.39 is 15.9 Å². The molecular formula is C25H22ClIN6O3S. The number of nitrogens with one attached hydrogen (secondary N) is 1. The zero-order valence-electron chi connectivity index (χ0n) is 19.5. The summed E-state index contributed by atoms with van der Waals surface area (Å²) in [7, 11) is -4.18. The van der Waals surface area contributed by atoms with E-state index in [1.165, 1.54) is 24.1 Å². The molecule has 0 radical (unpaired) electrons. The molecule has 1 unspecified atom stereocenters. The number of guanidine groups is 2. The van der Waals surface area contributed by atoms with E-state index in [-0.39, 0.29) is 29.3 Å². The highest BCUT2D eigenvalue weighted by atomic mass is 127. The molecule has 12 heteroatoms. The Balaban J connectivity index is 1.83. The lowest BCUT2D eigenvalue weighted by molar-refractivity contribution is -0.117. The van der Waals surface area contributed by atoms with Gasteiger partial charge >= 0.3 is 0 Å².